The van der Waals surface area contributed by atoms with Gasteiger partial charge in [0.2, 0.25) is 5.91 Å². The van der Waals surface area contributed by atoms with Crippen molar-refractivity contribution in [3.8, 4) is 16.9 Å². The van der Waals surface area contributed by atoms with Crippen molar-refractivity contribution in [1.82, 2.24) is 10.2 Å². The first-order chi connectivity index (χ1) is 18.1. The molecule has 38 heavy (non-hydrogen) atoms. The van der Waals surface area contributed by atoms with Crippen molar-refractivity contribution in [2.75, 3.05) is 26.2 Å². The lowest BCUT2D eigenvalue weighted by Gasteiger charge is -2.38. The second-order valence-electron chi connectivity index (χ2n) is 8.73. The molecule has 1 aliphatic heterocycles. The zero-order valence-corrected chi connectivity index (χ0v) is 21.7. The maximum Gasteiger partial charge on any atom is 0.282 e. The van der Waals surface area contributed by atoms with Crippen LogP contribution in [0.25, 0.3) is 11.1 Å². The van der Waals surface area contributed by atoms with Crippen molar-refractivity contribution in [3.05, 3.63) is 88.7 Å². The fraction of sp³-hybridized carbons (Fsp3) is 0.250. The number of amides is 2. The van der Waals surface area contributed by atoms with Gasteiger partial charge in [0.05, 0.1) is 24.7 Å². The van der Waals surface area contributed by atoms with Gasteiger partial charge in [0.1, 0.15) is 11.6 Å². The van der Waals surface area contributed by atoms with Gasteiger partial charge in [-0.05, 0) is 61.5 Å². The van der Waals surface area contributed by atoms with Crippen LogP contribution in [0.1, 0.15) is 23.7 Å². The Morgan fingerprint density at radius 2 is 1.84 bits per heavy atom. The van der Waals surface area contributed by atoms with Crippen LogP contribution in [0.15, 0.2) is 83.2 Å². The van der Waals surface area contributed by atoms with Gasteiger partial charge in [-0.15, -0.1) is 0 Å². The Morgan fingerprint density at radius 1 is 1.16 bits per heavy atom. The van der Waals surface area contributed by atoms with Crippen molar-refractivity contribution in [3.63, 3.8) is 0 Å². The molecule has 0 atom stereocenters. The molecular weight excluding hydrogens is 514 g/mol. The zero-order valence-electron chi connectivity index (χ0n) is 20.9. The predicted octanol–water partition coefficient (Wildman–Crippen LogP) is 4.99. The van der Waals surface area contributed by atoms with Crippen molar-refractivity contribution >= 4 is 30.1 Å². The van der Waals surface area contributed by atoms with Crippen molar-refractivity contribution < 1.29 is 23.1 Å². The summed E-state index contributed by atoms with van der Waals surface area (Å²) < 4.78 is 31.8. The molecule has 3 N–H and O–H groups in total. The lowest BCUT2D eigenvalue weighted by atomic mass is 10.0. The molecule has 3 rings (SSSR count). The van der Waals surface area contributed by atoms with Crippen LogP contribution in [0.4, 0.5) is 8.78 Å². The summed E-state index contributed by atoms with van der Waals surface area (Å²) in [5.74, 6) is -2.64. The van der Waals surface area contributed by atoms with Gasteiger partial charge in [0.25, 0.3) is 11.8 Å². The number of rotatable bonds is 11. The third-order valence-corrected chi connectivity index (χ3v) is 5.90. The van der Waals surface area contributed by atoms with E-state index in [0.29, 0.717) is 41.7 Å². The minimum absolute atomic E-state index is 0.227. The summed E-state index contributed by atoms with van der Waals surface area (Å²) in [4.78, 5) is 28.9. The Balaban J connectivity index is 1.43. The number of hydrogen-bond acceptors (Lipinski definition) is 5. The Morgan fingerprint density at radius 3 is 2.47 bits per heavy atom. The highest BCUT2D eigenvalue weighted by molar-refractivity contribution is 6.32. The normalized spacial score (nSPS) is 15.2. The van der Waals surface area contributed by atoms with E-state index in [2.05, 4.69) is 17.0 Å². The van der Waals surface area contributed by atoms with Crippen LogP contribution in [-0.2, 0) is 4.79 Å². The molecule has 0 bridgehead atoms. The first kappa shape index (κ1) is 28.6. The summed E-state index contributed by atoms with van der Waals surface area (Å²) in [6.07, 6.45) is 7.00. The smallest absolute Gasteiger partial charge is 0.282 e. The second-order valence-corrected chi connectivity index (χ2v) is 9.13. The molecule has 10 heteroatoms. The monoisotopic (exact) mass is 542 g/mol. The summed E-state index contributed by atoms with van der Waals surface area (Å²) in [7, 11) is 0. The maximum absolute atomic E-state index is 13.0. The fourth-order valence-electron chi connectivity index (χ4n) is 3.50. The fourth-order valence-corrected chi connectivity index (χ4v) is 3.73. The lowest BCUT2D eigenvalue weighted by Crippen LogP contribution is -2.58. The van der Waals surface area contributed by atoms with Crippen molar-refractivity contribution in [2.24, 2.45) is 10.7 Å². The van der Waals surface area contributed by atoms with E-state index in [1.165, 1.54) is 6.08 Å². The van der Waals surface area contributed by atoms with Crippen LogP contribution < -0.4 is 15.8 Å². The minimum atomic E-state index is -2.80. The van der Waals surface area contributed by atoms with E-state index in [1.54, 1.807) is 54.6 Å². The molecule has 0 radical (unpaired) electrons. The molecule has 1 heterocycles. The maximum atomic E-state index is 13.0. The van der Waals surface area contributed by atoms with Gasteiger partial charge in [-0.25, -0.2) is 13.8 Å². The number of nitrogens with two attached hydrogens (primary N) is 1. The van der Waals surface area contributed by atoms with Crippen molar-refractivity contribution in [1.29, 1.82) is 0 Å². The van der Waals surface area contributed by atoms with Crippen LogP contribution in [0.3, 0.4) is 0 Å². The molecule has 0 aromatic heterocycles. The summed E-state index contributed by atoms with van der Waals surface area (Å²) >= 11 is 6.38. The number of halogens is 3. The van der Waals surface area contributed by atoms with Gasteiger partial charge in [0, 0.05) is 18.2 Å². The first-order valence-corrected chi connectivity index (χ1v) is 12.2. The van der Waals surface area contributed by atoms with Gasteiger partial charge >= 0.3 is 0 Å². The highest BCUT2D eigenvalue weighted by Crippen LogP contribution is 2.32. The summed E-state index contributed by atoms with van der Waals surface area (Å²) in [6, 6.07) is 12.1. The number of benzene rings is 2. The molecular formula is C28H29ClF2N4O3. The first-order valence-electron chi connectivity index (χ1n) is 11.8. The van der Waals surface area contributed by atoms with Crippen molar-refractivity contribution in [2.45, 2.75) is 19.3 Å². The molecule has 0 aliphatic carbocycles. The van der Waals surface area contributed by atoms with E-state index in [1.807, 2.05) is 13.0 Å². The summed E-state index contributed by atoms with van der Waals surface area (Å²) in [5, 5.41) is 3.20. The van der Waals surface area contributed by atoms with E-state index in [0.717, 1.165) is 21.6 Å². The molecule has 1 fully saturated rings. The molecule has 0 spiro atoms. The molecule has 2 aromatic carbocycles. The molecule has 200 valence electrons. The number of hydrogen-bond donors (Lipinski definition) is 2. The third kappa shape index (κ3) is 8.27. The number of nitrogens with zero attached hydrogens (tertiary/aromatic N) is 2. The highest BCUT2D eigenvalue weighted by atomic mass is 35.5. The van der Waals surface area contributed by atoms with Gasteiger partial charge in [0.15, 0.2) is 0 Å². The largest absolute Gasteiger partial charge is 0.492 e. The molecule has 7 nitrogen and oxygen atoms in total. The van der Waals surface area contributed by atoms with Crippen LogP contribution >= 0.6 is 11.6 Å². The third-order valence-electron chi connectivity index (χ3n) is 5.60. The number of aliphatic imine (C=N–C) groups is 1. The highest BCUT2D eigenvalue weighted by Gasteiger charge is 2.46. The Bertz CT molecular complexity index is 1270. The number of carbonyl (C=O) groups excluding carboxylic acids is 2. The number of nitrogens with one attached hydrogen (secondary N) is 1. The van der Waals surface area contributed by atoms with Crippen LogP contribution in [0.5, 0.6) is 5.75 Å². The quantitative estimate of drug-likeness (QED) is 0.181. The Labute approximate surface area is 225 Å². The predicted molar refractivity (Wildman–Crippen MR) is 146 cm³/mol. The van der Waals surface area contributed by atoms with E-state index in [4.69, 9.17) is 22.1 Å². The van der Waals surface area contributed by atoms with Crippen LogP contribution in [-0.4, -0.2) is 55.6 Å². The minimum Gasteiger partial charge on any atom is -0.492 e. The van der Waals surface area contributed by atoms with E-state index in [9.17, 15) is 18.4 Å². The molecule has 0 saturated carbocycles. The molecule has 2 amide bonds. The molecule has 1 saturated heterocycles. The van der Waals surface area contributed by atoms with Gasteiger partial charge in [-0.3, -0.25) is 9.59 Å². The Kier molecular flexibility index (Phi) is 9.78. The Hall–Kier alpha value is -3.98. The van der Waals surface area contributed by atoms with E-state index < -0.39 is 24.9 Å². The van der Waals surface area contributed by atoms with E-state index in [-0.39, 0.29) is 5.91 Å². The number of alkyl halides is 2. The number of ether oxygens (including phenoxy) is 1. The van der Waals surface area contributed by atoms with Crippen LogP contribution in [0, 0.1) is 0 Å². The standard InChI is InChI=1S/C28H29ClF2N4O3/c1-19(4-12-25(32)33-2)5-13-26(36)34-14-3-15-38-24-11-10-22(16-23(24)29)20-6-8-21(9-7-20)27(37)35-17-28(30,31)18-35/h4-13,16H,2-3,14-15,17-18,32H2,1H3,(H,34,36)/b13-5+,19-4+,25-12-. The second kappa shape index (κ2) is 13.0. The number of allylic oxidation sites excluding steroid dienone is 4. The lowest BCUT2D eigenvalue weighted by molar-refractivity contribution is -0.116. The number of carbonyl (C=O) groups is 2. The number of likely N-dealkylation sites (tertiary alicyclic amines) is 1. The summed E-state index contributed by atoms with van der Waals surface area (Å²) in [5.41, 5.74) is 8.35. The van der Waals surface area contributed by atoms with Gasteiger partial charge in [-0.1, -0.05) is 47.5 Å². The zero-order chi connectivity index (χ0) is 27.7. The average Bonchev–Trinajstić information content (AvgIpc) is 2.89. The van der Waals surface area contributed by atoms with Gasteiger partial charge in [-0.2, -0.15) is 0 Å². The summed E-state index contributed by atoms with van der Waals surface area (Å²) in [6.45, 7) is 4.84. The molecule has 0 unspecified atom stereocenters. The van der Waals surface area contributed by atoms with Gasteiger partial charge < -0.3 is 20.7 Å². The van der Waals surface area contributed by atoms with Crippen LogP contribution in [0.2, 0.25) is 5.02 Å². The van der Waals surface area contributed by atoms with E-state index >= 15 is 0 Å². The SMILES string of the molecule is C=N\C(N)=C/C=C(C)/C=C/C(=O)NCCCOc1ccc(-c2ccc(C(=O)N3CC(F)(F)C3)cc2)cc1Cl. The topological polar surface area (TPSA) is 97.0 Å². The molecule has 1 aliphatic rings. The molecule has 2 aromatic rings. The average molecular weight is 543 g/mol.